The maximum Gasteiger partial charge on any atom is 0.226 e. The van der Waals surface area contributed by atoms with Crippen molar-refractivity contribution in [3.8, 4) is 0 Å². The summed E-state index contributed by atoms with van der Waals surface area (Å²) in [7, 11) is 0. The summed E-state index contributed by atoms with van der Waals surface area (Å²) in [5, 5.41) is 0. The zero-order valence-corrected chi connectivity index (χ0v) is 14.2. The van der Waals surface area contributed by atoms with Gasteiger partial charge in [-0.15, -0.1) is 0 Å². The Hall–Kier alpha value is -1.68. The van der Waals surface area contributed by atoms with Gasteiger partial charge in [-0.2, -0.15) is 0 Å². The molecule has 2 aromatic rings. The van der Waals surface area contributed by atoms with Gasteiger partial charge in [0.05, 0.1) is 0 Å². The smallest absolute Gasteiger partial charge is 0.226 e. The topological polar surface area (TPSA) is 20.3 Å². The number of fused-ring (bicyclic) bond motifs is 1. The van der Waals surface area contributed by atoms with Crippen molar-refractivity contribution in [2.24, 2.45) is 5.92 Å². The zero-order chi connectivity index (χ0) is 16.0. The number of benzene rings is 2. The van der Waals surface area contributed by atoms with Crippen LogP contribution in [0.2, 0.25) is 0 Å². The average molecular weight is 374 g/mol. The summed E-state index contributed by atoms with van der Waals surface area (Å²) in [5.74, 6) is 0.483. The molecule has 1 saturated carbocycles. The third kappa shape index (κ3) is 2.69. The van der Waals surface area contributed by atoms with Crippen molar-refractivity contribution in [2.45, 2.75) is 25.3 Å². The number of rotatable bonds is 2. The van der Waals surface area contributed by atoms with Crippen LogP contribution in [0.3, 0.4) is 0 Å². The fraction of sp³-hybridized carbons (Fsp3) is 0.316. The molecule has 2 aliphatic rings. The highest BCUT2D eigenvalue weighted by atomic mass is 79.9. The van der Waals surface area contributed by atoms with Crippen molar-refractivity contribution in [3.63, 3.8) is 0 Å². The van der Waals surface area contributed by atoms with Gasteiger partial charge in [-0.1, -0.05) is 46.3 Å². The van der Waals surface area contributed by atoms with Gasteiger partial charge in [0, 0.05) is 23.5 Å². The lowest BCUT2D eigenvalue weighted by atomic mass is 9.98. The van der Waals surface area contributed by atoms with Gasteiger partial charge in [0.1, 0.15) is 5.82 Å². The van der Waals surface area contributed by atoms with Crippen molar-refractivity contribution in [2.75, 3.05) is 6.54 Å². The number of nitrogens with zero attached hydrogens (tertiary/aromatic N) is 1. The van der Waals surface area contributed by atoms with Crippen LogP contribution in [0.1, 0.15) is 29.0 Å². The molecule has 0 radical (unpaired) electrons. The van der Waals surface area contributed by atoms with E-state index in [1.54, 1.807) is 6.07 Å². The van der Waals surface area contributed by atoms with Crippen LogP contribution in [0.15, 0.2) is 46.9 Å². The fourth-order valence-corrected chi connectivity index (χ4v) is 4.05. The van der Waals surface area contributed by atoms with E-state index in [1.165, 1.54) is 11.6 Å². The van der Waals surface area contributed by atoms with Gasteiger partial charge in [0.15, 0.2) is 0 Å². The molecule has 0 bridgehead atoms. The van der Waals surface area contributed by atoms with Crippen LogP contribution < -0.4 is 0 Å². The minimum absolute atomic E-state index is 0.0892. The van der Waals surface area contributed by atoms with Crippen molar-refractivity contribution in [1.29, 1.82) is 0 Å². The molecule has 1 fully saturated rings. The number of amides is 1. The van der Waals surface area contributed by atoms with Gasteiger partial charge in [-0.05, 0) is 47.6 Å². The molecular weight excluding hydrogens is 357 g/mol. The summed E-state index contributed by atoms with van der Waals surface area (Å²) in [5.41, 5.74) is 2.91. The van der Waals surface area contributed by atoms with E-state index >= 15 is 0 Å². The molecule has 2 atom stereocenters. The largest absolute Gasteiger partial charge is 0.338 e. The molecule has 0 aromatic heterocycles. The highest BCUT2D eigenvalue weighted by Gasteiger charge is 2.46. The normalized spacial score (nSPS) is 22.6. The van der Waals surface area contributed by atoms with E-state index in [0.29, 0.717) is 25.4 Å². The van der Waals surface area contributed by atoms with E-state index in [2.05, 4.69) is 28.1 Å². The minimum Gasteiger partial charge on any atom is -0.338 e. The summed E-state index contributed by atoms with van der Waals surface area (Å²) in [6.07, 6.45) is 1.52. The molecule has 0 saturated heterocycles. The summed E-state index contributed by atoms with van der Waals surface area (Å²) in [4.78, 5) is 14.7. The second-order valence-electron chi connectivity index (χ2n) is 6.36. The molecule has 0 spiro atoms. The van der Waals surface area contributed by atoms with E-state index in [1.807, 2.05) is 23.1 Å². The van der Waals surface area contributed by atoms with Crippen LogP contribution in [-0.4, -0.2) is 17.4 Å². The molecule has 4 heteroatoms. The van der Waals surface area contributed by atoms with Gasteiger partial charge >= 0.3 is 0 Å². The molecule has 1 heterocycles. The summed E-state index contributed by atoms with van der Waals surface area (Å²) in [6.45, 7) is 1.11. The summed E-state index contributed by atoms with van der Waals surface area (Å²) in [6, 6.07) is 13.4. The maximum atomic E-state index is 13.9. The Labute approximate surface area is 143 Å². The Kier molecular flexibility index (Phi) is 3.72. The Morgan fingerprint density at radius 1 is 1.13 bits per heavy atom. The highest BCUT2D eigenvalue weighted by Crippen LogP contribution is 2.48. The molecule has 1 amide bonds. The Morgan fingerprint density at radius 2 is 1.91 bits per heavy atom. The lowest BCUT2D eigenvalue weighted by molar-refractivity contribution is -0.133. The lowest BCUT2D eigenvalue weighted by Crippen LogP contribution is -2.37. The van der Waals surface area contributed by atoms with Gasteiger partial charge in [0.2, 0.25) is 5.91 Å². The molecular formula is C19H17BrFNO. The van der Waals surface area contributed by atoms with Crippen LogP contribution in [-0.2, 0) is 17.8 Å². The molecule has 0 unspecified atom stereocenters. The van der Waals surface area contributed by atoms with Gasteiger partial charge in [0.25, 0.3) is 0 Å². The number of hydrogen-bond donors (Lipinski definition) is 0. The Morgan fingerprint density at radius 3 is 2.70 bits per heavy atom. The zero-order valence-electron chi connectivity index (χ0n) is 12.6. The second kappa shape index (κ2) is 5.75. The molecule has 1 aliphatic carbocycles. The number of hydrogen-bond acceptors (Lipinski definition) is 1. The first kappa shape index (κ1) is 14.9. The fourth-order valence-electron chi connectivity index (χ4n) is 3.55. The molecule has 2 nitrogen and oxygen atoms in total. The van der Waals surface area contributed by atoms with E-state index in [9.17, 15) is 9.18 Å². The first-order valence-electron chi connectivity index (χ1n) is 7.94. The van der Waals surface area contributed by atoms with E-state index in [-0.39, 0.29) is 17.6 Å². The van der Waals surface area contributed by atoms with Gasteiger partial charge in [-0.3, -0.25) is 4.79 Å². The van der Waals surface area contributed by atoms with E-state index in [4.69, 9.17) is 0 Å². The third-order valence-electron chi connectivity index (χ3n) is 4.94. The summed E-state index contributed by atoms with van der Waals surface area (Å²) >= 11 is 3.49. The predicted octanol–water partition coefficient (Wildman–Crippen LogP) is 4.28. The van der Waals surface area contributed by atoms with Crippen LogP contribution >= 0.6 is 15.9 Å². The maximum absolute atomic E-state index is 13.9. The SMILES string of the molecule is O=C([C@@H]1C[C@H]1c1ccccc1)N1CCc2c(F)ccc(Br)c2C1. The van der Waals surface area contributed by atoms with Crippen LogP contribution in [0, 0.1) is 11.7 Å². The standard InChI is InChI=1S/C19H17BrFNO/c20-17-6-7-18(21)13-8-9-22(11-16(13)17)19(23)15-10-14(15)12-4-2-1-3-5-12/h1-7,14-15H,8-11H2/t14-,15+/m0/s1. The quantitative estimate of drug-likeness (QED) is 0.769. The average Bonchev–Trinajstić information content (AvgIpc) is 3.39. The van der Waals surface area contributed by atoms with Crippen molar-refractivity contribution in [3.05, 3.63) is 69.4 Å². The minimum atomic E-state index is -0.163. The Bertz CT molecular complexity index is 761. The monoisotopic (exact) mass is 373 g/mol. The van der Waals surface area contributed by atoms with Crippen molar-refractivity contribution < 1.29 is 9.18 Å². The molecule has 4 rings (SSSR count). The first-order valence-corrected chi connectivity index (χ1v) is 8.74. The van der Waals surface area contributed by atoms with Crippen molar-refractivity contribution in [1.82, 2.24) is 4.90 Å². The van der Waals surface area contributed by atoms with E-state index < -0.39 is 0 Å². The first-order chi connectivity index (χ1) is 11.1. The lowest BCUT2D eigenvalue weighted by Gasteiger charge is -2.30. The number of halogens is 2. The molecule has 23 heavy (non-hydrogen) atoms. The molecule has 2 aromatic carbocycles. The van der Waals surface area contributed by atoms with Crippen molar-refractivity contribution >= 4 is 21.8 Å². The molecule has 118 valence electrons. The summed E-state index contributed by atoms with van der Waals surface area (Å²) < 4.78 is 14.8. The van der Waals surface area contributed by atoms with Crippen LogP contribution in [0.4, 0.5) is 4.39 Å². The predicted molar refractivity (Wildman–Crippen MR) is 90.5 cm³/mol. The second-order valence-corrected chi connectivity index (χ2v) is 7.21. The number of carbonyl (C=O) groups is 1. The molecule has 1 aliphatic heterocycles. The Balaban J connectivity index is 1.50. The third-order valence-corrected chi connectivity index (χ3v) is 5.69. The van der Waals surface area contributed by atoms with Gasteiger partial charge in [-0.25, -0.2) is 4.39 Å². The van der Waals surface area contributed by atoms with Crippen LogP contribution in [0.25, 0.3) is 0 Å². The van der Waals surface area contributed by atoms with Crippen LogP contribution in [0.5, 0.6) is 0 Å². The highest BCUT2D eigenvalue weighted by molar-refractivity contribution is 9.10. The number of carbonyl (C=O) groups excluding carboxylic acids is 1. The van der Waals surface area contributed by atoms with Gasteiger partial charge < -0.3 is 4.90 Å². The molecule has 0 N–H and O–H groups in total. The van der Waals surface area contributed by atoms with E-state index in [0.717, 1.165) is 22.0 Å².